The maximum absolute atomic E-state index is 5.51. The monoisotopic (exact) mass is 285 g/mol. The topological polar surface area (TPSA) is 30.5 Å². The fourth-order valence-electron chi connectivity index (χ4n) is 2.95. The van der Waals surface area contributed by atoms with Gasteiger partial charge in [-0.25, -0.2) is 0 Å². The van der Waals surface area contributed by atoms with Crippen molar-refractivity contribution in [1.29, 1.82) is 0 Å². The van der Waals surface area contributed by atoms with Gasteiger partial charge < -0.3 is 14.8 Å². The molecule has 0 unspecified atom stereocenters. The standard InChI is InChI=1S/C17H35NO2/c1-19-15-16-20-14-13-18-17-11-9-7-5-3-2-4-6-8-10-12-17/h17-18H,2-16H2,1H3. The first-order chi connectivity index (χ1) is 9.93. The normalized spacial score (nSPS) is 20.2. The molecule has 0 bridgehead atoms. The van der Waals surface area contributed by atoms with Gasteiger partial charge in [0, 0.05) is 19.7 Å². The van der Waals surface area contributed by atoms with Gasteiger partial charge in [0.2, 0.25) is 0 Å². The van der Waals surface area contributed by atoms with Gasteiger partial charge in [0.15, 0.2) is 0 Å². The predicted octanol–water partition coefficient (Wildman–Crippen LogP) is 3.91. The zero-order valence-corrected chi connectivity index (χ0v) is 13.5. The summed E-state index contributed by atoms with van der Waals surface area (Å²) in [4.78, 5) is 0. The molecule has 0 aromatic carbocycles. The fourth-order valence-corrected chi connectivity index (χ4v) is 2.95. The molecule has 0 aliphatic heterocycles. The van der Waals surface area contributed by atoms with Gasteiger partial charge in [-0.05, 0) is 12.8 Å². The van der Waals surface area contributed by atoms with E-state index in [-0.39, 0.29) is 0 Å². The first kappa shape index (κ1) is 17.9. The van der Waals surface area contributed by atoms with Gasteiger partial charge in [-0.3, -0.25) is 0 Å². The van der Waals surface area contributed by atoms with Gasteiger partial charge in [-0.15, -0.1) is 0 Å². The lowest BCUT2D eigenvalue weighted by molar-refractivity contribution is 0.0707. The Bertz CT molecular complexity index is 187. The molecule has 0 aromatic rings. The molecule has 0 amide bonds. The molecule has 1 rings (SSSR count). The van der Waals surface area contributed by atoms with Crippen molar-refractivity contribution in [3.8, 4) is 0 Å². The molecule has 0 spiro atoms. The smallest absolute Gasteiger partial charge is 0.0700 e. The highest BCUT2D eigenvalue weighted by molar-refractivity contribution is 4.68. The molecule has 1 N–H and O–H groups in total. The van der Waals surface area contributed by atoms with Crippen LogP contribution in [-0.2, 0) is 9.47 Å². The zero-order chi connectivity index (χ0) is 14.3. The van der Waals surface area contributed by atoms with Crippen LogP contribution in [0.5, 0.6) is 0 Å². The first-order valence-corrected chi connectivity index (χ1v) is 8.73. The summed E-state index contributed by atoms with van der Waals surface area (Å²) in [5.41, 5.74) is 0. The average molecular weight is 285 g/mol. The quantitative estimate of drug-likeness (QED) is 0.719. The highest BCUT2D eigenvalue weighted by atomic mass is 16.5. The van der Waals surface area contributed by atoms with Crippen LogP contribution < -0.4 is 5.32 Å². The van der Waals surface area contributed by atoms with Crippen molar-refractivity contribution < 1.29 is 9.47 Å². The molecular formula is C17H35NO2. The Morgan fingerprint density at radius 2 is 1.30 bits per heavy atom. The Labute approximate surface area is 125 Å². The minimum atomic E-state index is 0.698. The van der Waals surface area contributed by atoms with Crippen molar-refractivity contribution in [1.82, 2.24) is 5.32 Å². The molecule has 0 atom stereocenters. The molecule has 3 heteroatoms. The number of rotatable bonds is 7. The molecule has 0 radical (unpaired) electrons. The molecule has 1 aliphatic rings. The van der Waals surface area contributed by atoms with E-state index in [9.17, 15) is 0 Å². The van der Waals surface area contributed by atoms with Crippen LogP contribution in [-0.4, -0.2) is 39.5 Å². The van der Waals surface area contributed by atoms with Crippen molar-refractivity contribution in [3.05, 3.63) is 0 Å². The van der Waals surface area contributed by atoms with Crippen LogP contribution in [0.25, 0.3) is 0 Å². The molecule has 0 aromatic heterocycles. The van der Waals surface area contributed by atoms with Gasteiger partial charge in [0.05, 0.1) is 19.8 Å². The molecule has 3 nitrogen and oxygen atoms in total. The van der Waals surface area contributed by atoms with Gasteiger partial charge in [-0.2, -0.15) is 0 Å². The van der Waals surface area contributed by atoms with Crippen LogP contribution in [0.3, 0.4) is 0 Å². The highest BCUT2D eigenvalue weighted by Crippen LogP contribution is 2.16. The molecule has 20 heavy (non-hydrogen) atoms. The third-order valence-electron chi connectivity index (χ3n) is 4.22. The predicted molar refractivity (Wildman–Crippen MR) is 85.3 cm³/mol. The second-order valence-corrected chi connectivity index (χ2v) is 6.02. The SMILES string of the molecule is COCCOCCNC1CCCCCCCCCCC1. The summed E-state index contributed by atoms with van der Waals surface area (Å²) in [6.07, 6.45) is 15.5. The number of ether oxygens (including phenoxy) is 2. The van der Waals surface area contributed by atoms with Crippen LogP contribution in [0.4, 0.5) is 0 Å². The molecular weight excluding hydrogens is 250 g/mol. The highest BCUT2D eigenvalue weighted by Gasteiger charge is 2.08. The van der Waals surface area contributed by atoms with E-state index in [1.54, 1.807) is 7.11 Å². The van der Waals surface area contributed by atoms with E-state index in [1.165, 1.54) is 70.6 Å². The van der Waals surface area contributed by atoms with E-state index in [2.05, 4.69) is 5.32 Å². The number of methoxy groups -OCH3 is 1. The minimum Gasteiger partial charge on any atom is -0.382 e. The molecule has 0 heterocycles. The first-order valence-electron chi connectivity index (χ1n) is 8.73. The van der Waals surface area contributed by atoms with Crippen molar-refractivity contribution >= 4 is 0 Å². The summed E-state index contributed by atoms with van der Waals surface area (Å²) < 4.78 is 10.5. The molecule has 1 fully saturated rings. The van der Waals surface area contributed by atoms with E-state index in [1.807, 2.05) is 0 Å². The molecule has 1 saturated carbocycles. The molecule has 1 aliphatic carbocycles. The Hall–Kier alpha value is -0.120. The lowest BCUT2D eigenvalue weighted by atomic mass is 9.98. The van der Waals surface area contributed by atoms with Crippen LogP contribution in [0.15, 0.2) is 0 Å². The Kier molecular flexibility index (Phi) is 12.4. The van der Waals surface area contributed by atoms with Crippen molar-refractivity contribution in [2.24, 2.45) is 0 Å². The molecule has 120 valence electrons. The van der Waals surface area contributed by atoms with Crippen LogP contribution in [0.1, 0.15) is 70.6 Å². The van der Waals surface area contributed by atoms with E-state index in [0.717, 1.165) is 13.2 Å². The van der Waals surface area contributed by atoms with Gasteiger partial charge in [0.1, 0.15) is 0 Å². The summed E-state index contributed by atoms with van der Waals surface area (Å²) in [5.74, 6) is 0. The van der Waals surface area contributed by atoms with Gasteiger partial charge in [-0.1, -0.05) is 57.8 Å². The fraction of sp³-hybridized carbons (Fsp3) is 1.00. The minimum absolute atomic E-state index is 0.698. The maximum atomic E-state index is 5.51. The summed E-state index contributed by atoms with van der Waals surface area (Å²) in [6, 6.07) is 0.709. The Morgan fingerprint density at radius 3 is 1.85 bits per heavy atom. The lowest BCUT2D eigenvalue weighted by Gasteiger charge is -2.19. The lowest BCUT2D eigenvalue weighted by Crippen LogP contribution is -2.32. The average Bonchev–Trinajstić information content (AvgIpc) is 2.45. The van der Waals surface area contributed by atoms with Crippen LogP contribution in [0, 0.1) is 0 Å². The van der Waals surface area contributed by atoms with Gasteiger partial charge in [0.25, 0.3) is 0 Å². The summed E-state index contributed by atoms with van der Waals surface area (Å²) >= 11 is 0. The number of nitrogens with one attached hydrogen (secondary N) is 1. The third-order valence-corrected chi connectivity index (χ3v) is 4.22. The molecule has 0 saturated heterocycles. The summed E-state index contributed by atoms with van der Waals surface area (Å²) in [5, 5.41) is 3.68. The van der Waals surface area contributed by atoms with Crippen molar-refractivity contribution in [3.63, 3.8) is 0 Å². The van der Waals surface area contributed by atoms with Crippen molar-refractivity contribution in [2.75, 3.05) is 33.5 Å². The Morgan fingerprint density at radius 1 is 0.750 bits per heavy atom. The van der Waals surface area contributed by atoms with E-state index in [4.69, 9.17) is 9.47 Å². The number of hydrogen-bond donors (Lipinski definition) is 1. The maximum Gasteiger partial charge on any atom is 0.0700 e. The number of hydrogen-bond acceptors (Lipinski definition) is 3. The largest absolute Gasteiger partial charge is 0.382 e. The van der Waals surface area contributed by atoms with E-state index in [0.29, 0.717) is 19.3 Å². The Balaban J connectivity index is 2.08. The second kappa shape index (κ2) is 13.8. The van der Waals surface area contributed by atoms with Crippen LogP contribution in [0.2, 0.25) is 0 Å². The van der Waals surface area contributed by atoms with E-state index >= 15 is 0 Å². The van der Waals surface area contributed by atoms with E-state index < -0.39 is 0 Å². The summed E-state index contributed by atoms with van der Waals surface area (Å²) in [7, 11) is 1.71. The zero-order valence-electron chi connectivity index (χ0n) is 13.5. The van der Waals surface area contributed by atoms with Gasteiger partial charge >= 0.3 is 0 Å². The third kappa shape index (κ3) is 10.6. The van der Waals surface area contributed by atoms with Crippen molar-refractivity contribution in [2.45, 2.75) is 76.7 Å². The second-order valence-electron chi connectivity index (χ2n) is 6.02. The summed E-state index contributed by atoms with van der Waals surface area (Å²) in [6.45, 7) is 3.19. The van der Waals surface area contributed by atoms with Crippen LogP contribution >= 0.6 is 0 Å².